The highest BCUT2D eigenvalue weighted by Crippen LogP contribution is 2.50. The van der Waals surface area contributed by atoms with E-state index in [1.807, 2.05) is 0 Å². The third kappa shape index (κ3) is 2.66. The summed E-state index contributed by atoms with van der Waals surface area (Å²) in [7, 11) is 0. The fourth-order valence-corrected chi connectivity index (χ4v) is 6.49. The molecule has 0 amide bonds. The molecular weight excluding hydrogens is 576 g/mol. The molecule has 2 aliphatic rings. The van der Waals surface area contributed by atoms with Crippen LogP contribution in [-0.2, 0) is 0 Å². The first-order valence-corrected chi connectivity index (χ1v) is 12.2. The lowest BCUT2D eigenvalue weighted by molar-refractivity contribution is 1.50. The van der Waals surface area contributed by atoms with Crippen LogP contribution in [0.2, 0.25) is 0 Å². The van der Waals surface area contributed by atoms with Crippen LogP contribution in [0.15, 0.2) is 74.1 Å². The summed E-state index contributed by atoms with van der Waals surface area (Å²) in [6.45, 7) is 0. The lowest BCUT2D eigenvalue weighted by atomic mass is 9.96. The van der Waals surface area contributed by atoms with Crippen molar-refractivity contribution in [3.05, 3.63) is 74.1 Å². The van der Waals surface area contributed by atoms with Crippen molar-refractivity contribution in [3.8, 4) is 21.7 Å². The van der Waals surface area contributed by atoms with Gasteiger partial charge < -0.3 is 4.98 Å². The average molecular weight is 587 g/mol. The van der Waals surface area contributed by atoms with Crippen molar-refractivity contribution in [3.63, 3.8) is 0 Å². The zero-order chi connectivity index (χ0) is 19.7. The fraction of sp³-hybridized carbons (Fsp3) is 0. The SMILES string of the molecule is Brc1cccc(-c2c3c4cccc(Br)c4nc-3sc3[nH]c4c(Br)cccc4c23)c1. The number of halogens is 3. The minimum Gasteiger partial charge on any atom is -0.345 e. The van der Waals surface area contributed by atoms with Crippen LogP contribution >= 0.6 is 59.1 Å². The predicted molar refractivity (Wildman–Crippen MR) is 134 cm³/mol. The summed E-state index contributed by atoms with van der Waals surface area (Å²) in [4.78, 5) is 9.76. The molecule has 6 rings (SSSR count). The molecule has 4 aromatic rings. The van der Waals surface area contributed by atoms with Crippen LogP contribution in [0.3, 0.4) is 0 Å². The lowest BCUT2D eigenvalue weighted by Crippen LogP contribution is -1.86. The van der Waals surface area contributed by atoms with E-state index in [1.54, 1.807) is 11.3 Å². The topological polar surface area (TPSA) is 28.7 Å². The zero-order valence-corrected chi connectivity index (χ0v) is 20.3. The van der Waals surface area contributed by atoms with E-state index in [0.29, 0.717) is 0 Å². The number of H-pyrrole nitrogens is 1. The summed E-state index contributed by atoms with van der Waals surface area (Å²) >= 11 is 12.8. The fourth-order valence-electron chi connectivity index (χ4n) is 4.06. The summed E-state index contributed by atoms with van der Waals surface area (Å²) < 4.78 is 3.16. The Morgan fingerprint density at radius 2 is 1.55 bits per heavy atom. The maximum absolute atomic E-state index is 4.99. The van der Waals surface area contributed by atoms with Crippen molar-refractivity contribution >= 4 is 91.1 Å². The summed E-state index contributed by atoms with van der Waals surface area (Å²) in [6, 6.07) is 21.2. The van der Waals surface area contributed by atoms with E-state index in [4.69, 9.17) is 4.98 Å². The Bertz CT molecular complexity index is 1540. The van der Waals surface area contributed by atoms with E-state index in [1.165, 1.54) is 32.8 Å². The van der Waals surface area contributed by atoms with Crippen LogP contribution in [0.4, 0.5) is 0 Å². The second-order valence-electron chi connectivity index (χ2n) is 6.91. The standard InChI is InChI=1S/C23H11Br3N2S/c24-12-5-1-4-11(10-12)17-18-13-6-2-8-15(25)20(13)27-22(18)29-23-19(17)14-7-3-9-16(26)21(14)28-23/h1-10,27H. The van der Waals surface area contributed by atoms with Crippen molar-refractivity contribution in [1.82, 2.24) is 9.97 Å². The van der Waals surface area contributed by atoms with Crippen molar-refractivity contribution in [1.29, 1.82) is 0 Å². The molecule has 1 N–H and O–H groups in total. The number of fused-ring (bicyclic) bond motifs is 6. The number of hydrogen-bond acceptors (Lipinski definition) is 2. The van der Waals surface area contributed by atoms with Gasteiger partial charge in [-0.2, -0.15) is 0 Å². The Morgan fingerprint density at radius 3 is 2.38 bits per heavy atom. The molecule has 0 atom stereocenters. The van der Waals surface area contributed by atoms with Gasteiger partial charge in [0, 0.05) is 40.7 Å². The van der Waals surface area contributed by atoms with E-state index in [9.17, 15) is 0 Å². The normalized spacial score (nSPS) is 12.0. The van der Waals surface area contributed by atoms with Gasteiger partial charge >= 0.3 is 0 Å². The Hall–Kier alpha value is -1.73. The summed E-state index contributed by atoms with van der Waals surface area (Å²) in [5.41, 5.74) is 5.73. The second kappa shape index (κ2) is 6.64. The van der Waals surface area contributed by atoms with E-state index >= 15 is 0 Å². The lowest BCUT2D eigenvalue weighted by Gasteiger charge is -2.11. The van der Waals surface area contributed by atoms with Gasteiger partial charge in [-0.1, -0.05) is 63.7 Å². The largest absolute Gasteiger partial charge is 0.345 e. The van der Waals surface area contributed by atoms with Gasteiger partial charge in [-0.25, -0.2) is 4.98 Å². The molecule has 0 saturated heterocycles. The third-order valence-corrected chi connectivity index (χ3v) is 8.04. The molecule has 3 aromatic carbocycles. The first-order chi connectivity index (χ1) is 14.1. The van der Waals surface area contributed by atoms with Crippen LogP contribution in [0.1, 0.15) is 0 Å². The molecule has 0 saturated carbocycles. The summed E-state index contributed by atoms with van der Waals surface area (Å²) in [6.07, 6.45) is 0. The first-order valence-electron chi connectivity index (χ1n) is 8.98. The molecule has 6 heteroatoms. The van der Waals surface area contributed by atoms with E-state index < -0.39 is 0 Å². The molecule has 2 nitrogen and oxygen atoms in total. The highest BCUT2D eigenvalue weighted by Gasteiger charge is 2.25. The molecule has 29 heavy (non-hydrogen) atoms. The Kier molecular flexibility index (Phi) is 4.14. The molecule has 3 heterocycles. The Morgan fingerprint density at radius 1 is 0.793 bits per heavy atom. The van der Waals surface area contributed by atoms with Crippen molar-refractivity contribution < 1.29 is 0 Å². The van der Waals surface area contributed by atoms with Gasteiger partial charge in [0.05, 0.1) is 11.0 Å². The number of nitrogens with zero attached hydrogens (tertiary/aromatic N) is 1. The zero-order valence-electron chi connectivity index (χ0n) is 14.8. The molecule has 1 aromatic heterocycles. The molecule has 0 unspecified atom stereocenters. The average Bonchev–Trinajstić information content (AvgIpc) is 3.26. The molecule has 0 aliphatic carbocycles. The Balaban J connectivity index is 1.92. The second-order valence-corrected chi connectivity index (χ2v) is 10.5. The monoisotopic (exact) mass is 584 g/mol. The number of rotatable bonds is 1. The predicted octanol–water partition coefficient (Wildman–Crippen LogP) is 8.99. The quantitative estimate of drug-likeness (QED) is 0.205. The van der Waals surface area contributed by atoms with Crippen molar-refractivity contribution in [2.24, 2.45) is 0 Å². The number of aromatic nitrogens is 2. The highest BCUT2D eigenvalue weighted by molar-refractivity contribution is 9.11. The van der Waals surface area contributed by atoms with Gasteiger partial charge in [-0.3, -0.25) is 0 Å². The molecule has 0 bridgehead atoms. The van der Waals surface area contributed by atoms with Gasteiger partial charge in [0.25, 0.3) is 0 Å². The van der Waals surface area contributed by atoms with Crippen LogP contribution in [-0.4, -0.2) is 9.97 Å². The smallest absolute Gasteiger partial charge is 0.127 e. The minimum atomic E-state index is 1.01. The van der Waals surface area contributed by atoms with Crippen LogP contribution in [0.25, 0.3) is 53.7 Å². The van der Waals surface area contributed by atoms with E-state index in [2.05, 4.69) is 113 Å². The third-order valence-electron chi connectivity index (χ3n) is 5.24. The minimum absolute atomic E-state index is 1.01. The van der Waals surface area contributed by atoms with Crippen LogP contribution in [0, 0.1) is 0 Å². The molecular formula is C23H11Br3N2S. The molecule has 0 radical (unpaired) electrons. The Labute approximate surface area is 195 Å². The van der Waals surface area contributed by atoms with Gasteiger partial charge in [0.2, 0.25) is 0 Å². The van der Waals surface area contributed by atoms with E-state index in [0.717, 1.165) is 34.3 Å². The van der Waals surface area contributed by atoms with Gasteiger partial charge in [-0.15, -0.1) is 0 Å². The maximum Gasteiger partial charge on any atom is 0.127 e. The number of benzene rings is 3. The number of hydrogen-bond donors (Lipinski definition) is 1. The van der Waals surface area contributed by atoms with Crippen molar-refractivity contribution in [2.45, 2.75) is 0 Å². The highest BCUT2D eigenvalue weighted by atomic mass is 79.9. The summed E-state index contributed by atoms with van der Waals surface area (Å²) in [5, 5.41) is 4.67. The molecule has 0 fully saturated rings. The molecule has 2 aliphatic heterocycles. The van der Waals surface area contributed by atoms with Gasteiger partial charge in [0.1, 0.15) is 9.84 Å². The van der Waals surface area contributed by atoms with Gasteiger partial charge in [-0.05, 0) is 61.7 Å². The first kappa shape index (κ1) is 18.1. The van der Waals surface area contributed by atoms with Gasteiger partial charge in [0.15, 0.2) is 0 Å². The maximum atomic E-state index is 4.99. The van der Waals surface area contributed by atoms with E-state index in [-0.39, 0.29) is 0 Å². The molecule has 140 valence electrons. The molecule has 0 spiro atoms. The van der Waals surface area contributed by atoms with Crippen LogP contribution < -0.4 is 0 Å². The van der Waals surface area contributed by atoms with Crippen LogP contribution in [0.5, 0.6) is 0 Å². The number of aromatic amines is 1. The van der Waals surface area contributed by atoms with Crippen molar-refractivity contribution in [2.75, 3.05) is 0 Å². The number of nitrogens with one attached hydrogen (secondary N) is 1. The number of para-hydroxylation sites is 2. The summed E-state index contributed by atoms with van der Waals surface area (Å²) in [5.74, 6) is 0.